The van der Waals surface area contributed by atoms with Gasteiger partial charge in [-0.1, -0.05) is 23.7 Å². The Bertz CT molecular complexity index is 843. The molecule has 5 nitrogen and oxygen atoms in total. The molecule has 2 aromatic carbocycles. The molecule has 23 heavy (non-hydrogen) atoms. The van der Waals surface area contributed by atoms with Gasteiger partial charge in [-0.05, 0) is 42.3 Å². The number of rotatable bonds is 4. The highest BCUT2D eigenvalue weighted by Gasteiger charge is 2.14. The molecule has 0 saturated heterocycles. The van der Waals surface area contributed by atoms with Crippen molar-refractivity contribution in [2.75, 3.05) is 5.32 Å². The first-order chi connectivity index (χ1) is 11.0. The van der Waals surface area contributed by atoms with E-state index in [-0.39, 0.29) is 12.3 Å². The van der Waals surface area contributed by atoms with E-state index in [1.54, 1.807) is 30.5 Å². The van der Waals surface area contributed by atoms with E-state index in [1.165, 1.54) is 0 Å². The molecular weight excluding hydrogens is 314 g/mol. The smallest absolute Gasteiger partial charge is 0.227 e. The summed E-state index contributed by atoms with van der Waals surface area (Å²) in [4.78, 5) is 12.2. The number of carbonyl (C=O) groups is 1. The second-order valence-electron chi connectivity index (χ2n) is 5.44. The standard InChI is InChI=1S/C17H16ClN3O2/c1-10-6-12-9-19-21-15(12)7-14(10)20-17(23)8-16(22)11-2-4-13(18)5-3-11/h2-7,9,16,22H,8H2,1H3,(H,19,21)(H,20,23). The molecule has 0 spiro atoms. The molecule has 118 valence electrons. The van der Waals surface area contributed by atoms with Gasteiger partial charge in [0.2, 0.25) is 5.91 Å². The number of hydrogen-bond acceptors (Lipinski definition) is 3. The Morgan fingerprint density at radius 2 is 2.09 bits per heavy atom. The van der Waals surface area contributed by atoms with Crippen molar-refractivity contribution in [1.82, 2.24) is 10.2 Å². The van der Waals surface area contributed by atoms with Crippen LogP contribution < -0.4 is 5.32 Å². The second-order valence-corrected chi connectivity index (χ2v) is 5.88. The van der Waals surface area contributed by atoms with E-state index in [9.17, 15) is 9.90 Å². The number of aromatic amines is 1. The fourth-order valence-corrected chi connectivity index (χ4v) is 2.55. The van der Waals surface area contributed by atoms with E-state index in [0.717, 1.165) is 16.5 Å². The third kappa shape index (κ3) is 3.52. The zero-order valence-corrected chi connectivity index (χ0v) is 13.3. The second kappa shape index (κ2) is 6.40. The zero-order valence-electron chi connectivity index (χ0n) is 12.5. The number of H-pyrrole nitrogens is 1. The maximum Gasteiger partial charge on any atom is 0.227 e. The normalized spacial score (nSPS) is 12.3. The summed E-state index contributed by atoms with van der Waals surface area (Å²) in [5.41, 5.74) is 3.15. The molecular formula is C17H16ClN3O2. The number of amides is 1. The van der Waals surface area contributed by atoms with Gasteiger partial charge in [0.1, 0.15) is 0 Å². The van der Waals surface area contributed by atoms with Gasteiger partial charge in [-0.25, -0.2) is 0 Å². The molecule has 1 unspecified atom stereocenters. The van der Waals surface area contributed by atoms with Crippen molar-refractivity contribution < 1.29 is 9.90 Å². The highest BCUT2D eigenvalue weighted by molar-refractivity contribution is 6.30. The number of nitrogens with one attached hydrogen (secondary N) is 2. The number of anilines is 1. The number of halogens is 1. The molecule has 0 aliphatic carbocycles. The molecule has 0 fully saturated rings. The van der Waals surface area contributed by atoms with Gasteiger partial charge in [0, 0.05) is 16.1 Å². The summed E-state index contributed by atoms with van der Waals surface area (Å²) >= 11 is 5.82. The number of aryl methyl sites for hydroxylation is 1. The van der Waals surface area contributed by atoms with Crippen LogP contribution >= 0.6 is 11.6 Å². The van der Waals surface area contributed by atoms with E-state index in [1.807, 2.05) is 19.1 Å². The van der Waals surface area contributed by atoms with E-state index < -0.39 is 6.10 Å². The molecule has 1 aromatic heterocycles. The van der Waals surface area contributed by atoms with Gasteiger partial charge < -0.3 is 10.4 Å². The van der Waals surface area contributed by atoms with Gasteiger partial charge in [0.15, 0.2) is 0 Å². The molecule has 0 aliphatic rings. The summed E-state index contributed by atoms with van der Waals surface area (Å²) in [7, 11) is 0. The SMILES string of the molecule is Cc1cc2cn[nH]c2cc1NC(=O)CC(O)c1ccc(Cl)cc1. The first kappa shape index (κ1) is 15.5. The molecule has 3 aromatic rings. The first-order valence-electron chi connectivity index (χ1n) is 7.20. The monoisotopic (exact) mass is 329 g/mol. The van der Waals surface area contributed by atoms with Crippen LogP contribution in [0.3, 0.4) is 0 Å². The van der Waals surface area contributed by atoms with Crippen molar-refractivity contribution in [3.63, 3.8) is 0 Å². The van der Waals surface area contributed by atoms with Gasteiger partial charge in [-0.15, -0.1) is 0 Å². The molecule has 3 N–H and O–H groups in total. The minimum atomic E-state index is -0.872. The largest absolute Gasteiger partial charge is 0.388 e. The van der Waals surface area contributed by atoms with Crippen LogP contribution in [-0.2, 0) is 4.79 Å². The van der Waals surface area contributed by atoms with Crippen molar-refractivity contribution in [3.05, 3.63) is 58.7 Å². The van der Waals surface area contributed by atoms with Crippen LogP contribution in [0, 0.1) is 6.92 Å². The van der Waals surface area contributed by atoms with E-state index in [0.29, 0.717) is 16.3 Å². The van der Waals surface area contributed by atoms with Gasteiger partial charge in [-0.2, -0.15) is 5.10 Å². The Hall–Kier alpha value is -2.37. The van der Waals surface area contributed by atoms with Crippen LogP contribution in [0.25, 0.3) is 10.9 Å². The Morgan fingerprint density at radius 1 is 1.35 bits per heavy atom. The van der Waals surface area contributed by atoms with Crippen LogP contribution in [-0.4, -0.2) is 21.2 Å². The third-order valence-electron chi connectivity index (χ3n) is 3.69. The van der Waals surface area contributed by atoms with Crippen molar-refractivity contribution in [1.29, 1.82) is 0 Å². The lowest BCUT2D eigenvalue weighted by Crippen LogP contribution is -2.16. The minimum Gasteiger partial charge on any atom is -0.388 e. The van der Waals surface area contributed by atoms with Gasteiger partial charge >= 0.3 is 0 Å². The summed E-state index contributed by atoms with van der Waals surface area (Å²) < 4.78 is 0. The number of aromatic nitrogens is 2. The molecule has 0 radical (unpaired) electrons. The lowest BCUT2D eigenvalue weighted by Gasteiger charge is -2.13. The lowest BCUT2D eigenvalue weighted by atomic mass is 10.1. The fourth-order valence-electron chi connectivity index (χ4n) is 2.42. The summed E-state index contributed by atoms with van der Waals surface area (Å²) in [6.45, 7) is 1.91. The van der Waals surface area contributed by atoms with Crippen molar-refractivity contribution in [2.45, 2.75) is 19.4 Å². The van der Waals surface area contributed by atoms with Crippen LogP contribution in [0.15, 0.2) is 42.6 Å². The number of aliphatic hydroxyl groups excluding tert-OH is 1. The molecule has 0 saturated carbocycles. The number of nitrogens with zero attached hydrogens (tertiary/aromatic N) is 1. The van der Waals surface area contributed by atoms with Gasteiger partial charge in [0.25, 0.3) is 0 Å². The minimum absolute atomic E-state index is 0.0257. The Labute approximate surface area is 138 Å². The topological polar surface area (TPSA) is 78.0 Å². The van der Waals surface area contributed by atoms with E-state index in [4.69, 9.17) is 11.6 Å². The Morgan fingerprint density at radius 3 is 2.83 bits per heavy atom. The number of fused-ring (bicyclic) bond motifs is 1. The zero-order chi connectivity index (χ0) is 16.4. The third-order valence-corrected chi connectivity index (χ3v) is 3.94. The average Bonchev–Trinajstić information content (AvgIpc) is 2.95. The van der Waals surface area contributed by atoms with Crippen LogP contribution in [0.4, 0.5) is 5.69 Å². The van der Waals surface area contributed by atoms with E-state index in [2.05, 4.69) is 15.5 Å². The average molecular weight is 330 g/mol. The maximum absolute atomic E-state index is 12.2. The number of benzene rings is 2. The molecule has 3 rings (SSSR count). The number of hydrogen-bond donors (Lipinski definition) is 3. The van der Waals surface area contributed by atoms with Crippen molar-refractivity contribution in [2.24, 2.45) is 0 Å². The van der Waals surface area contributed by atoms with E-state index >= 15 is 0 Å². The predicted octanol–water partition coefficient (Wildman–Crippen LogP) is 3.59. The molecule has 1 heterocycles. The lowest BCUT2D eigenvalue weighted by molar-refractivity contribution is -0.118. The summed E-state index contributed by atoms with van der Waals surface area (Å²) in [6, 6.07) is 10.6. The molecule has 1 atom stereocenters. The van der Waals surface area contributed by atoms with Crippen molar-refractivity contribution >= 4 is 34.1 Å². The van der Waals surface area contributed by atoms with Crippen LogP contribution in [0.5, 0.6) is 0 Å². The van der Waals surface area contributed by atoms with Crippen LogP contribution in [0.1, 0.15) is 23.7 Å². The Balaban J connectivity index is 1.70. The molecule has 0 aliphatic heterocycles. The number of carbonyl (C=O) groups excluding carboxylic acids is 1. The fraction of sp³-hybridized carbons (Fsp3) is 0.176. The van der Waals surface area contributed by atoms with Gasteiger partial charge in [-0.3, -0.25) is 9.89 Å². The summed E-state index contributed by atoms with van der Waals surface area (Å²) in [5.74, 6) is -0.255. The summed E-state index contributed by atoms with van der Waals surface area (Å²) in [5, 5.41) is 21.4. The highest BCUT2D eigenvalue weighted by Crippen LogP contribution is 2.24. The highest BCUT2D eigenvalue weighted by atomic mass is 35.5. The van der Waals surface area contributed by atoms with Crippen molar-refractivity contribution in [3.8, 4) is 0 Å². The maximum atomic E-state index is 12.2. The number of aliphatic hydroxyl groups is 1. The van der Waals surface area contributed by atoms with Crippen LogP contribution in [0.2, 0.25) is 5.02 Å². The first-order valence-corrected chi connectivity index (χ1v) is 7.58. The molecule has 0 bridgehead atoms. The molecule has 6 heteroatoms. The Kier molecular flexibility index (Phi) is 4.32. The quantitative estimate of drug-likeness (QED) is 0.684. The predicted molar refractivity (Wildman–Crippen MR) is 90.5 cm³/mol. The van der Waals surface area contributed by atoms with Gasteiger partial charge in [0.05, 0.1) is 24.2 Å². The molecule has 1 amide bonds. The summed E-state index contributed by atoms with van der Waals surface area (Å²) in [6.07, 6.45) is 0.837.